The standard InChI is InChI=1S/C24H28N2O5S/c1-24(2)20-17-19(32-31-30-29)12-13-21(20)26(16-8-4-7-11-23(27)28)22(24)14-15-25-18-9-5-3-6-10-18/h3,5-6,9-10,12-15,17,29H,4,7-8,11,16H2,1-2H3,(H,27,28)/b22-14-,25-15?. The maximum Gasteiger partial charge on any atom is 0.303 e. The largest absolute Gasteiger partial charge is 0.481 e. The molecular weight excluding hydrogens is 428 g/mol. The summed E-state index contributed by atoms with van der Waals surface area (Å²) >= 11 is 0.940. The zero-order chi connectivity index (χ0) is 23.0. The minimum absolute atomic E-state index is 0.196. The highest BCUT2D eigenvalue weighted by Crippen LogP contribution is 2.48. The summed E-state index contributed by atoms with van der Waals surface area (Å²) in [7, 11) is 0. The van der Waals surface area contributed by atoms with Crippen molar-refractivity contribution in [3.05, 3.63) is 65.9 Å². The fourth-order valence-corrected chi connectivity index (χ4v) is 4.33. The lowest BCUT2D eigenvalue weighted by molar-refractivity contribution is -0.432. The zero-order valence-electron chi connectivity index (χ0n) is 18.2. The van der Waals surface area contributed by atoms with Gasteiger partial charge in [-0.15, -0.1) is 4.33 Å². The molecule has 0 saturated carbocycles. The lowest BCUT2D eigenvalue weighted by Gasteiger charge is -2.27. The molecule has 2 aromatic rings. The molecule has 0 atom stereocenters. The number of benzene rings is 2. The Bertz CT molecular complexity index is 976. The van der Waals surface area contributed by atoms with Crippen LogP contribution in [0, 0.1) is 0 Å². The zero-order valence-corrected chi connectivity index (χ0v) is 19.0. The first kappa shape index (κ1) is 24.0. The third kappa shape index (κ3) is 5.98. The van der Waals surface area contributed by atoms with Crippen molar-refractivity contribution in [3.63, 3.8) is 0 Å². The van der Waals surface area contributed by atoms with Gasteiger partial charge in [0.1, 0.15) is 0 Å². The summed E-state index contributed by atoms with van der Waals surface area (Å²) in [5.41, 5.74) is 3.95. The highest BCUT2D eigenvalue weighted by atomic mass is 32.2. The Morgan fingerprint density at radius 1 is 1.16 bits per heavy atom. The molecule has 2 N–H and O–H groups in total. The molecule has 0 radical (unpaired) electrons. The molecule has 0 fully saturated rings. The number of aliphatic carboxylic acids is 1. The van der Waals surface area contributed by atoms with Gasteiger partial charge in [-0.3, -0.25) is 9.79 Å². The van der Waals surface area contributed by atoms with Gasteiger partial charge in [0.2, 0.25) is 0 Å². The van der Waals surface area contributed by atoms with Crippen LogP contribution in [0.2, 0.25) is 0 Å². The van der Waals surface area contributed by atoms with Gasteiger partial charge in [-0.05, 0) is 54.8 Å². The normalized spacial score (nSPS) is 16.1. The molecule has 0 aliphatic carbocycles. The third-order valence-corrected chi connectivity index (χ3v) is 6.08. The molecule has 7 nitrogen and oxygen atoms in total. The molecule has 1 aliphatic heterocycles. The van der Waals surface area contributed by atoms with Crippen molar-refractivity contribution in [2.45, 2.75) is 49.8 Å². The Kier molecular flexibility index (Phi) is 8.46. The number of carbonyl (C=O) groups is 1. The van der Waals surface area contributed by atoms with Gasteiger partial charge >= 0.3 is 5.97 Å². The predicted molar refractivity (Wildman–Crippen MR) is 126 cm³/mol. The van der Waals surface area contributed by atoms with Gasteiger partial charge in [-0.25, -0.2) is 5.26 Å². The van der Waals surface area contributed by atoms with E-state index < -0.39 is 5.97 Å². The van der Waals surface area contributed by atoms with Gasteiger partial charge in [-0.1, -0.05) is 43.5 Å². The summed E-state index contributed by atoms with van der Waals surface area (Å²) in [6.07, 6.45) is 6.47. The van der Waals surface area contributed by atoms with E-state index in [0.717, 1.165) is 59.0 Å². The highest BCUT2D eigenvalue weighted by Gasteiger charge is 2.39. The van der Waals surface area contributed by atoms with E-state index in [1.165, 1.54) is 0 Å². The second-order valence-electron chi connectivity index (χ2n) is 8.05. The number of hydrogen-bond acceptors (Lipinski definition) is 7. The number of carboxylic acids is 1. The molecule has 0 spiro atoms. The van der Waals surface area contributed by atoms with Gasteiger partial charge in [0.25, 0.3) is 0 Å². The molecule has 0 amide bonds. The van der Waals surface area contributed by atoms with E-state index in [1.807, 2.05) is 60.8 Å². The lowest BCUT2D eigenvalue weighted by Crippen LogP contribution is -2.27. The Labute approximate surface area is 192 Å². The van der Waals surface area contributed by atoms with E-state index >= 15 is 0 Å². The molecule has 170 valence electrons. The number of nitrogens with zero attached hydrogens (tertiary/aromatic N) is 2. The quantitative estimate of drug-likeness (QED) is 0.138. The van der Waals surface area contributed by atoms with Crippen LogP contribution in [-0.2, 0) is 19.6 Å². The third-order valence-electron chi connectivity index (χ3n) is 5.51. The summed E-state index contributed by atoms with van der Waals surface area (Å²) in [5, 5.41) is 21.1. The van der Waals surface area contributed by atoms with E-state index in [4.69, 9.17) is 10.4 Å². The molecule has 0 saturated heterocycles. The summed E-state index contributed by atoms with van der Waals surface area (Å²) in [6, 6.07) is 15.8. The van der Waals surface area contributed by atoms with Crippen molar-refractivity contribution < 1.29 is 24.5 Å². The van der Waals surface area contributed by atoms with E-state index in [0.29, 0.717) is 6.42 Å². The average molecular weight is 457 g/mol. The first-order valence-electron chi connectivity index (χ1n) is 10.5. The summed E-state index contributed by atoms with van der Waals surface area (Å²) in [4.78, 5) is 18.4. The number of allylic oxidation sites excluding steroid dienone is 2. The van der Waals surface area contributed by atoms with Gasteiger partial charge in [0.05, 0.1) is 17.7 Å². The van der Waals surface area contributed by atoms with E-state index in [2.05, 4.69) is 33.1 Å². The fraction of sp³-hybridized carbons (Fsp3) is 0.333. The number of carboxylic acid groups (broad SMARTS) is 1. The Morgan fingerprint density at radius 2 is 1.94 bits per heavy atom. The van der Waals surface area contributed by atoms with Crippen molar-refractivity contribution in [2.24, 2.45) is 4.99 Å². The molecule has 0 aromatic heterocycles. The van der Waals surface area contributed by atoms with Gasteiger partial charge in [-0.2, -0.15) is 0 Å². The molecular formula is C24H28N2O5S. The molecule has 0 bridgehead atoms. The molecule has 32 heavy (non-hydrogen) atoms. The van der Waals surface area contributed by atoms with Crippen LogP contribution >= 0.6 is 12.0 Å². The number of para-hydroxylation sites is 1. The maximum absolute atomic E-state index is 10.8. The molecule has 3 rings (SSSR count). The summed E-state index contributed by atoms with van der Waals surface area (Å²) in [6.45, 7) is 5.11. The first-order valence-corrected chi connectivity index (χ1v) is 11.3. The number of rotatable bonds is 11. The Balaban J connectivity index is 1.86. The Hall–Kier alpha value is -2.65. The van der Waals surface area contributed by atoms with Crippen LogP contribution in [0.4, 0.5) is 11.4 Å². The predicted octanol–water partition coefficient (Wildman–Crippen LogP) is 6.14. The van der Waals surface area contributed by atoms with Crippen molar-refractivity contribution in [3.8, 4) is 0 Å². The van der Waals surface area contributed by atoms with Crippen LogP contribution in [0.25, 0.3) is 0 Å². The van der Waals surface area contributed by atoms with Crippen LogP contribution in [-0.4, -0.2) is 29.1 Å². The molecule has 2 aromatic carbocycles. The van der Waals surface area contributed by atoms with E-state index in [1.54, 1.807) is 0 Å². The van der Waals surface area contributed by atoms with E-state index in [9.17, 15) is 4.79 Å². The molecule has 1 aliphatic rings. The van der Waals surface area contributed by atoms with Crippen molar-refractivity contribution in [1.82, 2.24) is 0 Å². The van der Waals surface area contributed by atoms with Crippen LogP contribution in [0.15, 0.2) is 70.2 Å². The number of unbranched alkanes of at least 4 members (excludes halogenated alkanes) is 2. The molecule has 1 heterocycles. The number of anilines is 1. The smallest absolute Gasteiger partial charge is 0.303 e. The number of hydrogen-bond donors (Lipinski definition) is 2. The average Bonchev–Trinajstić information content (AvgIpc) is 2.99. The second kappa shape index (κ2) is 11.3. The van der Waals surface area contributed by atoms with Gasteiger partial charge < -0.3 is 10.0 Å². The molecule has 8 heteroatoms. The molecule has 0 unspecified atom stereocenters. The first-order chi connectivity index (χ1) is 15.4. The topological polar surface area (TPSA) is 91.6 Å². The fourth-order valence-electron chi connectivity index (χ4n) is 3.93. The Morgan fingerprint density at radius 3 is 2.66 bits per heavy atom. The van der Waals surface area contributed by atoms with Gasteiger partial charge in [0, 0.05) is 40.9 Å². The lowest BCUT2D eigenvalue weighted by atomic mass is 9.84. The van der Waals surface area contributed by atoms with Crippen LogP contribution in [0.5, 0.6) is 0 Å². The SMILES string of the molecule is CC1(C)/C(=C/C=Nc2ccccc2)N(CCCCCC(=O)O)c2ccc(SOOO)cc21. The number of fused-ring (bicyclic) bond motifs is 1. The highest BCUT2D eigenvalue weighted by molar-refractivity contribution is 7.94. The van der Waals surface area contributed by atoms with Crippen LogP contribution in [0.1, 0.15) is 45.1 Å². The van der Waals surface area contributed by atoms with E-state index in [-0.39, 0.29) is 11.8 Å². The minimum Gasteiger partial charge on any atom is -0.481 e. The van der Waals surface area contributed by atoms with Crippen molar-refractivity contribution >= 4 is 35.6 Å². The van der Waals surface area contributed by atoms with Crippen molar-refractivity contribution in [1.29, 1.82) is 0 Å². The van der Waals surface area contributed by atoms with Crippen molar-refractivity contribution in [2.75, 3.05) is 11.4 Å². The second-order valence-corrected chi connectivity index (χ2v) is 8.83. The maximum atomic E-state index is 10.8. The number of aliphatic imine (C=N–C) groups is 1. The monoisotopic (exact) mass is 456 g/mol. The summed E-state index contributed by atoms with van der Waals surface area (Å²) < 4.78 is 4.60. The van der Waals surface area contributed by atoms with Gasteiger partial charge in [0.15, 0.2) is 0 Å². The minimum atomic E-state index is -0.755. The van der Waals surface area contributed by atoms with Crippen LogP contribution < -0.4 is 4.90 Å². The summed E-state index contributed by atoms with van der Waals surface area (Å²) in [5.74, 6) is -0.755. The van der Waals surface area contributed by atoms with Crippen LogP contribution in [0.3, 0.4) is 0 Å².